The van der Waals surface area contributed by atoms with Crippen molar-refractivity contribution in [3.8, 4) is 22.6 Å². The molecule has 2 fully saturated rings. The number of nitrogens with zero attached hydrogens (tertiary/aromatic N) is 5. The maximum Gasteiger partial charge on any atom is 0.258 e. The Hall–Kier alpha value is -5.00. The number of carbonyl (C=O) groups is 2. The summed E-state index contributed by atoms with van der Waals surface area (Å²) in [6.45, 7) is 4.49. The SMILES string of the molecule is COC1(C(=O)Nc2ccc3[nH]nc(-c4ccc(F)cc4)c3c2)CN(CC(=O)N2CCC(c3ccc(-c4ncccn4)cc3)CC2)CC1C. The van der Waals surface area contributed by atoms with Crippen molar-refractivity contribution >= 4 is 28.4 Å². The number of fused-ring (bicyclic) bond motifs is 1. The lowest BCUT2D eigenvalue weighted by Crippen LogP contribution is -2.51. The monoisotopic (exact) mass is 647 g/mol. The molecule has 4 heterocycles. The van der Waals surface area contributed by atoms with E-state index in [9.17, 15) is 14.0 Å². The molecule has 0 radical (unpaired) electrons. The van der Waals surface area contributed by atoms with Gasteiger partial charge in [-0.25, -0.2) is 14.4 Å². The summed E-state index contributed by atoms with van der Waals surface area (Å²) in [5.41, 5.74) is 3.97. The largest absolute Gasteiger partial charge is 0.367 e. The second-order valence-electron chi connectivity index (χ2n) is 12.8. The Bertz CT molecular complexity index is 1910. The number of anilines is 1. The predicted molar refractivity (Wildman–Crippen MR) is 181 cm³/mol. The molecule has 2 unspecified atom stereocenters. The molecule has 3 aromatic carbocycles. The lowest BCUT2D eigenvalue weighted by molar-refractivity contribution is -0.141. The smallest absolute Gasteiger partial charge is 0.258 e. The third-order valence-corrected chi connectivity index (χ3v) is 9.89. The van der Waals surface area contributed by atoms with Gasteiger partial charge in [-0.3, -0.25) is 19.6 Å². The molecule has 0 bridgehead atoms. The number of benzene rings is 3. The normalized spacial score (nSPS) is 20.3. The highest BCUT2D eigenvalue weighted by atomic mass is 19.1. The molecule has 2 aliphatic heterocycles. The molecule has 0 saturated carbocycles. The third kappa shape index (κ3) is 6.18. The first-order valence-electron chi connectivity index (χ1n) is 16.3. The lowest BCUT2D eigenvalue weighted by Gasteiger charge is -2.33. The van der Waals surface area contributed by atoms with E-state index in [0.717, 1.165) is 34.9 Å². The minimum absolute atomic E-state index is 0.0725. The van der Waals surface area contributed by atoms with Crippen LogP contribution in [0.5, 0.6) is 0 Å². The molecule has 7 rings (SSSR count). The summed E-state index contributed by atoms with van der Waals surface area (Å²) >= 11 is 0. The van der Waals surface area contributed by atoms with Gasteiger partial charge in [0.15, 0.2) is 11.4 Å². The number of piperidine rings is 1. The minimum Gasteiger partial charge on any atom is -0.367 e. The van der Waals surface area contributed by atoms with Gasteiger partial charge in [-0.1, -0.05) is 31.2 Å². The first-order chi connectivity index (χ1) is 23.3. The lowest BCUT2D eigenvalue weighted by atomic mass is 9.89. The van der Waals surface area contributed by atoms with Crippen LogP contribution in [0.15, 0.2) is 85.2 Å². The molecule has 2 atom stereocenters. The Kier molecular flexibility index (Phi) is 8.72. The van der Waals surface area contributed by atoms with Crippen LogP contribution in [0.3, 0.4) is 0 Å². The Morgan fingerprint density at radius 3 is 2.42 bits per heavy atom. The standard InChI is InChI=1S/C37H38FN7O3/c1-24-21-44(22-33(46)45-18-14-26(15-19-45)25-4-6-28(7-5-25)35-39-16-3-17-40-35)23-37(24,48-2)36(47)41-30-12-13-32-31(20-30)34(43-42-32)27-8-10-29(38)11-9-27/h3-13,16-17,20,24,26H,14-15,18-19,21-23H2,1-2H3,(H,41,47)(H,42,43). The maximum atomic E-state index is 13.8. The molecule has 10 nitrogen and oxygen atoms in total. The van der Waals surface area contributed by atoms with Crippen molar-refractivity contribution in [2.75, 3.05) is 45.2 Å². The van der Waals surface area contributed by atoms with E-state index in [1.807, 2.05) is 34.9 Å². The number of halogens is 1. The van der Waals surface area contributed by atoms with Gasteiger partial charge >= 0.3 is 0 Å². The molecular formula is C37H38FN7O3. The highest BCUT2D eigenvalue weighted by Gasteiger charge is 2.51. The van der Waals surface area contributed by atoms with Crippen molar-refractivity contribution in [2.24, 2.45) is 5.92 Å². The average Bonchev–Trinajstić information content (AvgIpc) is 3.69. The molecule has 11 heteroatoms. The van der Waals surface area contributed by atoms with Crippen molar-refractivity contribution < 1.29 is 18.7 Å². The molecule has 2 aliphatic rings. The number of rotatable bonds is 8. The topological polar surface area (TPSA) is 116 Å². The van der Waals surface area contributed by atoms with Crippen LogP contribution in [-0.4, -0.2) is 87.2 Å². The second kappa shape index (κ2) is 13.2. The maximum absolute atomic E-state index is 13.8. The molecular weight excluding hydrogens is 609 g/mol. The van der Waals surface area contributed by atoms with Crippen LogP contribution in [0.4, 0.5) is 10.1 Å². The van der Waals surface area contributed by atoms with Crippen LogP contribution < -0.4 is 5.32 Å². The van der Waals surface area contributed by atoms with Crippen molar-refractivity contribution in [1.29, 1.82) is 0 Å². The van der Waals surface area contributed by atoms with E-state index >= 15 is 0 Å². The van der Waals surface area contributed by atoms with Gasteiger partial charge in [-0.05, 0) is 72.9 Å². The number of nitrogens with one attached hydrogen (secondary N) is 2. The summed E-state index contributed by atoms with van der Waals surface area (Å²) in [5, 5.41) is 11.3. The first kappa shape index (κ1) is 31.6. The Morgan fingerprint density at radius 1 is 1.00 bits per heavy atom. The number of hydrogen-bond donors (Lipinski definition) is 2. The summed E-state index contributed by atoms with van der Waals surface area (Å²) < 4.78 is 19.4. The van der Waals surface area contributed by atoms with Crippen molar-refractivity contribution in [1.82, 2.24) is 30.0 Å². The molecule has 5 aromatic rings. The fourth-order valence-corrected chi connectivity index (χ4v) is 7.12. The second-order valence-corrected chi connectivity index (χ2v) is 12.8. The molecule has 2 amide bonds. The number of amides is 2. The molecule has 246 valence electrons. The quantitative estimate of drug-likeness (QED) is 0.228. The van der Waals surface area contributed by atoms with Gasteiger partial charge in [0.1, 0.15) is 5.82 Å². The van der Waals surface area contributed by atoms with Crippen LogP contribution in [0.25, 0.3) is 33.5 Å². The van der Waals surface area contributed by atoms with E-state index in [2.05, 4.69) is 49.7 Å². The number of carbonyl (C=O) groups excluding carboxylic acids is 2. The van der Waals surface area contributed by atoms with Gasteiger partial charge < -0.3 is 15.0 Å². The van der Waals surface area contributed by atoms with Crippen LogP contribution in [0, 0.1) is 11.7 Å². The van der Waals surface area contributed by atoms with Gasteiger partial charge in [-0.2, -0.15) is 5.10 Å². The fourth-order valence-electron chi connectivity index (χ4n) is 7.12. The van der Waals surface area contributed by atoms with E-state index in [4.69, 9.17) is 4.74 Å². The highest BCUT2D eigenvalue weighted by molar-refractivity contribution is 6.01. The first-order valence-corrected chi connectivity index (χ1v) is 16.3. The average molecular weight is 648 g/mol. The summed E-state index contributed by atoms with van der Waals surface area (Å²) in [4.78, 5) is 39.9. The van der Waals surface area contributed by atoms with E-state index < -0.39 is 5.60 Å². The molecule has 2 N–H and O–H groups in total. The zero-order valence-electron chi connectivity index (χ0n) is 27.0. The summed E-state index contributed by atoms with van der Waals surface area (Å²) in [6.07, 6.45) is 5.29. The number of H-pyrrole nitrogens is 1. The van der Waals surface area contributed by atoms with Crippen LogP contribution in [-0.2, 0) is 14.3 Å². The molecule has 48 heavy (non-hydrogen) atoms. The minimum atomic E-state index is -1.12. The Labute approximate surface area is 278 Å². The van der Waals surface area contributed by atoms with Crippen LogP contribution >= 0.6 is 0 Å². The zero-order valence-corrected chi connectivity index (χ0v) is 27.0. The number of aromatic amines is 1. The van der Waals surface area contributed by atoms with Crippen LogP contribution in [0.2, 0.25) is 0 Å². The highest BCUT2D eigenvalue weighted by Crippen LogP contribution is 2.34. The van der Waals surface area contributed by atoms with E-state index in [1.165, 1.54) is 17.7 Å². The van der Waals surface area contributed by atoms with Gasteiger partial charge in [0, 0.05) is 73.8 Å². The Morgan fingerprint density at radius 2 is 1.71 bits per heavy atom. The molecule has 2 aromatic heterocycles. The van der Waals surface area contributed by atoms with Crippen LogP contribution in [0.1, 0.15) is 31.2 Å². The van der Waals surface area contributed by atoms with E-state index in [0.29, 0.717) is 49.3 Å². The van der Waals surface area contributed by atoms with Crippen molar-refractivity contribution in [3.63, 3.8) is 0 Å². The van der Waals surface area contributed by atoms with Crippen molar-refractivity contribution in [3.05, 3.63) is 96.6 Å². The van der Waals surface area contributed by atoms with Crippen molar-refractivity contribution in [2.45, 2.75) is 31.3 Å². The number of likely N-dealkylation sites (tertiary alicyclic amines) is 2. The number of aromatic nitrogens is 4. The van der Waals surface area contributed by atoms with Gasteiger partial charge in [0.05, 0.1) is 17.8 Å². The molecule has 0 spiro atoms. The van der Waals surface area contributed by atoms with Gasteiger partial charge in [-0.15, -0.1) is 0 Å². The zero-order chi connectivity index (χ0) is 33.3. The molecule has 2 saturated heterocycles. The summed E-state index contributed by atoms with van der Waals surface area (Å²) in [6, 6.07) is 21.9. The number of methoxy groups -OCH3 is 1. The summed E-state index contributed by atoms with van der Waals surface area (Å²) in [5.74, 6) is 0.457. The third-order valence-electron chi connectivity index (χ3n) is 9.89. The van der Waals surface area contributed by atoms with Gasteiger partial charge in [0.25, 0.3) is 5.91 Å². The Balaban J connectivity index is 0.960. The fraction of sp³-hybridized carbons (Fsp3) is 0.324. The van der Waals surface area contributed by atoms with E-state index in [-0.39, 0.29) is 30.1 Å². The van der Waals surface area contributed by atoms with E-state index in [1.54, 1.807) is 37.7 Å². The molecule has 0 aliphatic carbocycles. The summed E-state index contributed by atoms with van der Waals surface area (Å²) in [7, 11) is 1.55. The van der Waals surface area contributed by atoms with Gasteiger partial charge in [0.2, 0.25) is 5.91 Å². The predicted octanol–water partition coefficient (Wildman–Crippen LogP) is 5.51. The number of hydrogen-bond acceptors (Lipinski definition) is 7. The number of ether oxygens (including phenoxy) is 1.